The second-order valence-corrected chi connectivity index (χ2v) is 5.21. The summed E-state index contributed by atoms with van der Waals surface area (Å²) in [5, 5.41) is 0. The minimum absolute atomic E-state index is 0.181. The third-order valence-corrected chi connectivity index (χ3v) is 3.56. The molecule has 2 unspecified atom stereocenters. The van der Waals surface area contributed by atoms with Gasteiger partial charge in [-0.1, -0.05) is 6.92 Å². The number of hydrogen-bond acceptors (Lipinski definition) is 4. The van der Waals surface area contributed by atoms with Gasteiger partial charge < -0.3 is 15.0 Å². The van der Waals surface area contributed by atoms with E-state index in [4.69, 9.17) is 10.5 Å². The summed E-state index contributed by atoms with van der Waals surface area (Å²) in [6.07, 6.45) is 3.82. The predicted molar refractivity (Wildman–Crippen MR) is 78.1 cm³/mol. The van der Waals surface area contributed by atoms with Crippen molar-refractivity contribution in [2.75, 3.05) is 26.8 Å². The van der Waals surface area contributed by atoms with E-state index in [2.05, 4.69) is 42.1 Å². The molecule has 1 rings (SSSR count). The molecular weight excluding hydrogens is 240 g/mol. The number of nitrogens with zero attached hydrogens (tertiary/aromatic N) is 3. The first kappa shape index (κ1) is 16.1. The van der Waals surface area contributed by atoms with Gasteiger partial charge in [-0.15, -0.1) is 0 Å². The smallest absolute Gasteiger partial charge is 0.0951 e. The van der Waals surface area contributed by atoms with Crippen molar-refractivity contribution in [2.24, 2.45) is 5.73 Å². The number of rotatable bonds is 8. The summed E-state index contributed by atoms with van der Waals surface area (Å²) in [4.78, 5) is 6.66. The fourth-order valence-electron chi connectivity index (χ4n) is 2.61. The molecule has 0 fully saturated rings. The molecule has 0 bridgehead atoms. The van der Waals surface area contributed by atoms with Gasteiger partial charge in [-0.25, -0.2) is 4.98 Å². The molecule has 5 heteroatoms. The van der Waals surface area contributed by atoms with Crippen molar-refractivity contribution in [1.29, 1.82) is 0 Å². The van der Waals surface area contributed by atoms with Gasteiger partial charge in [-0.3, -0.25) is 4.90 Å². The molecular formula is C14H28N4O. The summed E-state index contributed by atoms with van der Waals surface area (Å²) in [5.41, 5.74) is 7.20. The zero-order valence-corrected chi connectivity index (χ0v) is 12.8. The third-order valence-electron chi connectivity index (χ3n) is 3.56. The summed E-state index contributed by atoms with van der Waals surface area (Å²) in [6, 6.07) is 0.905. The molecule has 1 aromatic heterocycles. The Kier molecular flexibility index (Phi) is 6.48. The van der Waals surface area contributed by atoms with E-state index in [0.29, 0.717) is 25.2 Å². The molecule has 0 amide bonds. The van der Waals surface area contributed by atoms with E-state index in [1.165, 1.54) is 5.69 Å². The highest BCUT2D eigenvalue weighted by atomic mass is 16.5. The van der Waals surface area contributed by atoms with E-state index < -0.39 is 0 Å². The lowest BCUT2D eigenvalue weighted by atomic mass is 10.1. The molecule has 1 heterocycles. The van der Waals surface area contributed by atoms with Crippen LogP contribution in [-0.2, 0) is 4.74 Å². The quantitative estimate of drug-likeness (QED) is 0.781. The SMILES string of the molecule is CCN(C(C)COC)C(CN)c1cncn1C(C)C. The minimum atomic E-state index is 0.181. The van der Waals surface area contributed by atoms with Crippen LogP contribution in [-0.4, -0.2) is 47.3 Å². The van der Waals surface area contributed by atoms with Gasteiger partial charge in [-0.2, -0.15) is 0 Å². The lowest BCUT2D eigenvalue weighted by molar-refractivity contribution is 0.0723. The third kappa shape index (κ3) is 3.78. The standard InChI is InChI=1S/C14H28N4O/c1-6-17(12(4)9-19-5)13(7-15)14-8-16-10-18(14)11(2)3/h8,10-13H,6-7,9,15H2,1-5H3. The molecule has 0 aliphatic rings. The largest absolute Gasteiger partial charge is 0.383 e. The summed E-state index contributed by atoms with van der Waals surface area (Å²) in [5.74, 6) is 0. The van der Waals surface area contributed by atoms with Gasteiger partial charge in [0.1, 0.15) is 0 Å². The summed E-state index contributed by atoms with van der Waals surface area (Å²) in [6.45, 7) is 10.9. The van der Waals surface area contributed by atoms with E-state index in [0.717, 1.165) is 6.54 Å². The van der Waals surface area contributed by atoms with Crippen molar-refractivity contribution >= 4 is 0 Å². The van der Waals surface area contributed by atoms with E-state index in [9.17, 15) is 0 Å². The van der Waals surface area contributed by atoms with Crippen molar-refractivity contribution in [1.82, 2.24) is 14.5 Å². The van der Waals surface area contributed by atoms with Crippen LogP contribution in [0.15, 0.2) is 12.5 Å². The Morgan fingerprint density at radius 3 is 2.58 bits per heavy atom. The number of imidazole rings is 1. The Hall–Kier alpha value is -0.910. The van der Waals surface area contributed by atoms with E-state index in [1.54, 1.807) is 7.11 Å². The van der Waals surface area contributed by atoms with Gasteiger partial charge in [0, 0.05) is 31.9 Å². The highest BCUT2D eigenvalue weighted by Gasteiger charge is 2.25. The lowest BCUT2D eigenvalue weighted by Crippen LogP contribution is -2.42. The normalized spacial score (nSPS) is 15.2. The van der Waals surface area contributed by atoms with Crippen LogP contribution in [0.2, 0.25) is 0 Å². The van der Waals surface area contributed by atoms with E-state index >= 15 is 0 Å². The number of ether oxygens (including phenoxy) is 1. The molecule has 0 aromatic carbocycles. The first-order valence-electron chi connectivity index (χ1n) is 7.03. The molecule has 110 valence electrons. The molecule has 0 aliphatic heterocycles. The van der Waals surface area contributed by atoms with Crippen LogP contribution in [0.4, 0.5) is 0 Å². The van der Waals surface area contributed by atoms with Crippen molar-refractivity contribution in [2.45, 2.75) is 45.8 Å². The summed E-state index contributed by atoms with van der Waals surface area (Å²) < 4.78 is 7.47. The summed E-state index contributed by atoms with van der Waals surface area (Å²) in [7, 11) is 1.74. The Bertz CT molecular complexity index is 364. The molecule has 0 saturated carbocycles. The molecule has 2 atom stereocenters. The fourth-order valence-corrected chi connectivity index (χ4v) is 2.61. The Balaban J connectivity index is 3.00. The van der Waals surface area contributed by atoms with Gasteiger partial charge in [0.05, 0.1) is 24.7 Å². The molecule has 0 spiro atoms. The van der Waals surface area contributed by atoms with Gasteiger partial charge in [0.15, 0.2) is 0 Å². The predicted octanol–water partition coefficient (Wildman–Crippen LogP) is 1.82. The molecule has 1 aromatic rings. The van der Waals surface area contributed by atoms with Crippen molar-refractivity contribution in [3.63, 3.8) is 0 Å². The Morgan fingerprint density at radius 2 is 2.11 bits per heavy atom. The zero-order valence-electron chi connectivity index (χ0n) is 12.8. The molecule has 0 saturated heterocycles. The lowest BCUT2D eigenvalue weighted by Gasteiger charge is -2.35. The van der Waals surface area contributed by atoms with Crippen LogP contribution < -0.4 is 5.73 Å². The fraction of sp³-hybridized carbons (Fsp3) is 0.786. The average Bonchev–Trinajstić information content (AvgIpc) is 2.84. The van der Waals surface area contributed by atoms with Gasteiger partial charge in [0.2, 0.25) is 0 Å². The van der Waals surface area contributed by atoms with Crippen molar-refractivity contribution < 1.29 is 4.74 Å². The number of aromatic nitrogens is 2. The molecule has 0 radical (unpaired) electrons. The number of nitrogens with two attached hydrogens (primary N) is 1. The number of hydrogen-bond donors (Lipinski definition) is 1. The Labute approximate surface area is 116 Å². The first-order valence-corrected chi connectivity index (χ1v) is 7.03. The van der Waals surface area contributed by atoms with Crippen molar-refractivity contribution in [3.8, 4) is 0 Å². The molecule has 2 N–H and O–H groups in total. The highest BCUT2D eigenvalue weighted by molar-refractivity contribution is 5.08. The van der Waals surface area contributed by atoms with Crippen molar-refractivity contribution in [3.05, 3.63) is 18.2 Å². The van der Waals surface area contributed by atoms with E-state index in [1.807, 2.05) is 12.5 Å². The monoisotopic (exact) mass is 268 g/mol. The van der Waals surface area contributed by atoms with Gasteiger partial charge in [-0.05, 0) is 27.3 Å². The summed E-state index contributed by atoms with van der Waals surface area (Å²) >= 11 is 0. The molecule has 5 nitrogen and oxygen atoms in total. The second kappa shape index (κ2) is 7.62. The maximum atomic E-state index is 6.02. The number of likely N-dealkylation sites (N-methyl/N-ethyl adjacent to an activating group) is 1. The van der Waals surface area contributed by atoms with Gasteiger partial charge in [0.25, 0.3) is 0 Å². The first-order chi connectivity index (χ1) is 9.06. The maximum absolute atomic E-state index is 6.02. The highest BCUT2D eigenvalue weighted by Crippen LogP contribution is 2.24. The Morgan fingerprint density at radius 1 is 1.42 bits per heavy atom. The van der Waals surface area contributed by atoms with Crippen LogP contribution in [0.25, 0.3) is 0 Å². The van der Waals surface area contributed by atoms with Crippen LogP contribution in [0.1, 0.15) is 45.5 Å². The number of methoxy groups -OCH3 is 1. The van der Waals surface area contributed by atoms with E-state index in [-0.39, 0.29) is 6.04 Å². The second-order valence-electron chi connectivity index (χ2n) is 5.21. The topological polar surface area (TPSA) is 56.3 Å². The van der Waals surface area contributed by atoms with Gasteiger partial charge >= 0.3 is 0 Å². The molecule has 0 aliphatic carbocycles. The van der Waals surface area contributed by atoms with Crippen LogP contribution in [0.5, 0.6) is 0 Å². The van der Waals surface area contributed by atoms with Crippen LogP contribution >= 0.6 is 0 Å². The maximum Gasteiger partial charge on any atom is 0.0951 e. The zero-order chi connectivity index (χ0) is 14.4. The van der Waals surface area contributed by atoms with Crippen LogP contribution in [0, 0.1) is 0 Å². The van der Waals surface area contributed by atoms with Crippen LogP contribution in [0.3, 0.4) is 0 Å². The minimum Gasteiger partial charge on any atom is -0.383 e. The molecule has 19 heavy (non-hydrogen) atoms. The average molecular weight is 268 g/mol.